The van der Waals surface area contributed by atoms with Crippen molar-refractivity contribution in [3.8, 4) is 0 Å². The Kier molecular flexibility index (Phi) is 3.74. The molecule has 1 aliphatic rings. The van der Waals surface area contributed by atoms with E-state index in [1.165, 1.54) is 9.80 Å². The van der Waals surface area contributed by atoms with Gasteiger partial charge in [-0.25, -0.2) is 4.79 Å². The number of carboxylic acid groups (broad SMARTS) is 1. The zero-order chi connectivity index (χ0) is 12.3. The van der Waals surface area contributed by atoms with Crippen molar-refractivity contribution in [2.24, 2.45) is 0 Å². The molecule has 1 N–H and O–H groups in total. The van der Waals surface area contributed by atoms with E-state index in [4.69, 9.17) is 5.11 Å². The largest absolute Gasteiger partial charge is 0.465 e. The molecule has 0 aromatic heterocycles. The quantitative estimate of drug-likeness (QED) is 0.830. The number of nitrogens with zero attached hydrogens (tertiary/aromatic N) is 1. The first-order valence-corrected chi connectivity index (χ1v) is 6.55. The Balaban J connectivity index is 2.31. The monoisotopic (exact) mass is 249 g/mol. The summed E-state index contributed by atoms with van der Waals surface area (Å²) in [6.07, 6.45) is 3.18. The Morgan fingerprint density at radius 2 is 2.35 bits per heavy atom. The summed E-state index contributed by atoms with van der Waals surface area (Å²) in [5.41, 5.74) is 2.23. The predicted octanol–water partition coefficient (Wildman–Crippen LogP) is 3.31. The second-order valence-electron chi connectivity index (χ2n) is 3.92. The molecule has 1 aromatic rings. The summed E-state index contributed by atoms with van der Waals surface area (Å²) in [6, 6.07) is 6.23. The maximum atomic E-state index is 11.0. The third-order valence-electron chi connectivity index (χ3n) is 2.69. The first-order valence-electron chi connectivity index (χ1n) is 5.57. The van der Waals surface area contributed by atoms with Gasteiger partial charge in [0, 0.05) is 17.2 Å². The normalized spacial score (nSPS) is 15.7. The molecular formula is C13H15NO2S. The Labute approximate surface area is 105 Å². The molecule has 0 bridgehead atoms. The SMILES string of the molecule is C/C=C/c1ccc2c(c1)CN(C(=O)O)CCS2. The zero-order valence-corrected chi connectivity index (χ0v) is 10.5. The van der Waals surface area contributed by atoms with Crippen LogP contribution in [-0.2, 0) is 6.54 Å². The second-order valence-corrected chi connectivity index (χ2v) is 5.06. The van der Waals surface area contributed by atoms with Crippen molar-refractivity contribution in [3.63, 3.8) is 0 Å². The third kappa shape index (κ3) is 2.82. The molecular weight excluding hydrogens is 234 g/mol. The standard InChI is InChI=1S/C13H15NO2S/c1-2-3-10-4-5-12-11(8-10)9-14(13(15)16)6-7-17-12/h2-5,8H,6-7,9H2,1H3,(H,15,16)/b3-2+. The van der Waals surface area contributed by atoms with E-state index in [2.05, 4.69) is 18.2 Å². The highest BCUT2D eigenvalue weighted by Crippen LogP contribution is 2.28. The van der Waals surface area contributed by atoms with E-state index in [1.54, 1.807) is 11.8 Å². The van der Waals surface area contributed by atoms with Crippen LogP contribution < -0.4 is 0 Å². The van der Waals surface area contributed by atoms with Crippen molar-refractivity contribution in [2.45, 2.75) is 18.4 Å². The number of fused-ring (bicyclic) bond motifs is 1. The first-order chi connectivity index (χ1) is 8.20. The van der Waals surface area contributed by atoms with Crippen molar-refractivity contribution >= 4 is 23.9 Å². The third-order valence-corrected chi connectivity index (χ3v) is 3.79. The van der Waals surface area contributed by atoms with E-state index in [9.17, 15) is 4.79 Å². The molecule has 0 saturated heterocycles. The lowest BCUT2D eigenvalue weighted by atomic mass is 10.1. The summed E-state index contributed by atoms with van der Waals surface area (Å²) >= 11 is 1.73. The van der Waals surface area contributed by atoms with Crippen LogP contribution in [0.15, 0.2) is 29.2 Å². The highest BCUT2D eigenvalue weighted by atomic mass is 32.2. The molecule has 90 valence electrons. The zero-order valence-electron chi connectivity index (χ0n) is 9.72. The molecule has 0 atom stereocenters. The van der Waals surface area contributed by atoms with Crippen molar-refractivity contribution < 1.29 is 9.90 Å². The number of amides is 1. The molecule has 0 radical (unpaired) electrons. The molecule has 1 amide bonds. The predicted molar refractivity (Wildman–Crippen MR) is 70.3 cm³/mol. The van der Waals surface area contributed by atoms with E-state index in [1.807, 2.05) is 19.1 Å². The molecule has 0 spiro atoms. The smallest absolute Gasteiger partial charge is 0.407 e. The Morgan fingerprint density at radius 3 is 3.06 bits per heavy atom. The average Bonchev–Trinajstić information content (AvgIpc) is 2.51. The highest BCUT2D eigenvalue weighted by Gasteiger charge is 2.18. The van der Waals surface area contributed by atoms with Crippen LogP contribution in [-0.4, -0.2) is 28.4 Å². The first kappa shape index (κ1) is 12.0. The van der Waals surface area contributed by atoms with E-state index in [-0.39, 0.29) is 0 Å². The van der Waals surface area contributed by atoms with Gasteiger partial charge in [0.2, 0.25) is 0 Å². The van der Waals surface area contributed by atoms with Crippen molar-refractivity contribution in [2.75, 3.05) is 12.3 Å². The van der Waals surface area contributed by atoms with E-state index in [0.29, 0.717) is 13.1 Å². The van der Waals surface area contributed by atoms with Gasteiger partial charge in [-0.3, -0.25) is 0 Å². The van der Waals surface area contributed by atoms with Crippen LogP contribution >= 0.6 is 11.8 Å². The molecule has 0 unspecified atom stereocenters. The molecule has 1 aliphatic heterocycles. The summed E-state index contributed by atoms with van der Waals surface area (Å²) in [5, 5.41) is 9.06. The molecule has 3 nitrogen and oxygen atoms in total. The van der Waals surface area contributed by atoms with Crippen LogP contribution in [0.1, 0.15) is 18.1 Å². The van der Waals surface area contributed by atoms with Crippen molar-refractivity contribution in [1.82, 2.24) is 4.90 Å². The van der Waals surface area contributed by atoms with Gasteiger partial charge in [-0.05, 0) is 30.2 Å². The Morgan fingerprint density at radius 1 is 1.53 bits per heavy atom. The second kappa shape index (κ2) is 5.27. The van der Waals surface area contributed by atoms with Gasteiger partial charge in [0.15, 0.2) is 0 Å². The van der Waals surface area contributed by atoms with Gasteiger partial charge >= 0.3 is 6.09 Å². The number of allylic oxidation sites excluding steroid dienone is 1. The number of carbonyl (C=O) groups is 1. The maximum absolute atomic E-state index is 11.0. The maximum Gasteiger partial charge on any atom is 0.407 e. The van der Waals surface area contributed by atoms with Gasteiger partial charge in [0.05, 0.1) is 6.54 Å². The van der Waals surface area contributed by atoms with Crippen LogP contribution in [0.25, 0.3) is 6.08 Å². The fraction of sp³-hybridized carbons (Fsp3) is 0.308. The number of hydrogen-bond donors (Lipinski definition) is 1. The summed E-state index contributed by atoms with van der Waals surface area (Å²) in [6.45, 7) is 3.06. The highest BCUT2D eigenvalue weighted by molar-refractivity contribution is 7.99. The van der Waals surface area contributed by atoms with Crippen molar-refractivity contribution in [1.29, 1.82) is 0 Å². The van der Waals surface area contributed by atoms with Crippen LogP contribution in [0.4, 0.5) is 4.79 Å². The van der Waals surface area contributed by atoms with Crippen LogP contribution in [0.3, 0.4) is 0 Å². The topological polar surface area (TPSA) is 40.5 Å². The van der Waals surface area contributed by atoms with Gasteiger partial charge in [0.25, 0.3) is 0 Å². The van der Waals surface area contributed by atoms with Gasteiger partial charge in [-0.2, -0.15) is 0 Å². The van der Waals surface area contributed by atoms with Gasteiger partial charge in [-0.15, -0.1) is 11.8 Å². The lowest BCUT2D eigenvalue weighted by Crippen LogP contribution is -2.29. The molecule has 1 aromatic carbocycles. The lowest BCUT2D eigenvalue weighted by molar-refractivity contribution is 0.145. The summed E-state index contributed by atoms with van der Waals surface area (Å²) in [7, 11) is 0. The van der Waals surface area contributed by atoms with Crippen molar-refractivity contribution in [3.05, 3.63) is 35.4 Å². The Hall–Kier alpha value is -1.42. The summed E-state index contributed by atoms with van der Waals surface area (Å²) in [5.74, 6) is 0.822. The molecule has 4 heteroatoms. The van der Waals surface area contributed by atoms with Gasteiger partial charge in [-0.1, -0.05) is 18.2 Å². The minimum Gasteiger partial charge on any atom is -0.465 e. The average molecular weight is 249 g/mol. The van der Waals surface area contributed by atoms with E-state index < -0.39 is 6.09 Å². The van der Waals surface area contributed by atoms with Crippen LogP contribution in [0.2, 0.25) is 0 Å². The number of benzene rings is 1. The molecule has 2 rings (SSSR count). The fourth-order valence-corrected chi connectivity index (χ4v) is 2.88. The number of rotatable bonds is 1. The molecule has 0 aliphatic carbocycles. The minimum atomic E-state index is -0.838. The van der Waals surface area contributed by atoms with E-state index >= 15 is 0 Å². The van der Waals surface area contributed by atoms with Crippen LogP contribution in [0, 0.1) is 0 Å². The molecule has 17 heavy (non-hydrogen) atoms. The van der Waals surface area contributed by atoms with Gasteiger partial charge in [0.1, 0.15) is 0 Å². The van der Waals surface area contributed by atoms with Crippen LogP contribution in [0.5, 0.6) is 0 Å². The fourth-order valence-electron chi connectivity index (χ4n) is 1.87. The molecule has 0 saturated carbocycles. The summed E-state index contributed by atoms with van der Waals surface area (Å²) < 4.78 is 0. The van der Waals surface area contributed by atoms with Gasteiger partial charge < -0.3 is 10.0 Å². The lowest BCUT2D eigenvalue weighted by Gasteiger charge is -2.16. The van der Waals surface area contributed by atoms with E-state index in [0.717, 1.165) is 16.9 Å². The summed E-state index contributed by atoms with van der Waals surface area (Å²) in [4.78, 5) is 13.7. The minimum absolute atomic E-state index is 0.489. The Bertz CT molecular complexity index is 457. The molecule has 1 heterocycles. The number of thioether (sulfide) groups is 1. The molecule has 0 fully saturated rings. The number of hydrogen-bond acceptors (Lipinski definition) is 2.